The highest BCUT2D eigenvalue weighted by atomic mass is 35.5. The first-order chi connectivity index (χ1) is 10.9. The van der Waals surface area contributed by atoms with Crippen LogP contribution in [0.25, 0.3) is 16.9 Å². The zero-order valence-corrected chi connectivity index (χ0v) is 12.5. The first-order valence-corrected chi connectivity index (χ1v) is 6.88. The molecule has 120 valence electrons. The second-order valence-corrected chi connectivity index (χ2v) is 4.96. The van der Waals surface area contributed by atoms with Gasteiger partial charge in [0.15, 0.2) is 5.82 Å². The van der Waals surface area contributed by atoms with Crippen LogP contribution in [-0.4, -0.2) is 26.1 Å². The van der Waals surface area contributed by atoms with Crippen LogP contribution in [0.1, 0.15) is 6.92 Å². The van der Waals surface area contributed by atoms with Crippen LogP contribution in [0.3, 0.4) is 0 Å². The van der Waals surface area contributed by atoms with Gasteiger partial charge in [0.25, 0.3) is 5.78 Å². The van der Waals surface area contributed by atoms with Crippen LogP contribution < -0.4 is 10.9 Å². The van der Waals surface area contributed by atoms with Crippen molar-refractivity contribution in [2.45, 2.75) is 6.92 Å². The SMILES string of the molecule is CCN(N)c1c(-c2c(F)cc(F)cc2F)c(Cl)nc2ncnn12. The molecule has 3 aromatic rings. The molecule has 23 heavy (non-hydrogen) atoms. The van der Waals surface area contributed by atoms with Crippen molar-refractivity contribution in [1.29, 1.82) is 0 Å². The lowest BCUT2D eigenvalue weighted by molar-refractivity contribution is 0.547. The highest BCUT2D eigenvalue weighted by molar-refractivity contribution is 6.33. The quantitative estimate of drug-likeness (QED) is 0.450. The minimum atomic E-state index is -1.13. The van der Waals surface area contributed by atoms with Crippen molar-refractivity contribution in [3.63, 3.8) is 0 Å². The zero-order chi connectivity index (χ0) is 16.7. The van der Waals surface area contributed by atoms with Crippen molar-refractivity contribution in [2.24, 2.45) is 5.84 Å². The topological polar surface area (TPSA) is 72.3 Å². The molecule has 0 saturated carbocycles. The van der Waals surface area contributed by atoms with E-state index < -0.39 is 23.0 Å². The van der Waals surface area contributed by atoms with Gasteiger partial charge in [-0.2, -0.15) is 19.6 Å². The van der Waals surface area contributed by atoms with Crippen molar-refractivity contribution in [3.8, 4) is 11.1 Å². The van der Waals surface area contributed by atoms with E-state index in [-0.39, 0.29) is 28.9 Å². The third-order valence-corrected chi connectivity index (χ3v) is 3.50. The first-order valence-electron chi connectivity index (χ1n) is 6.50. The largest absolute Gasteiger partial charge is 0.294 e. The van der Waals surface area contributed by atoms with Crippen LogP contribution in [-0.2, 0) is 0 Å². The monoisotopic (exact) mass is 342 g/mol. The molecule has 6 nitrogen and oxygen atoms in total. The molecule has 2 aromatic heterocycles. The molecule has 0 radical (unpaired) electrons. The summed E-state index contributed by atoms with van der Waals surface area (Å²) < 4.78 is 42.7. The molecule has 0 aliphatic heterocycles. The van der Waals surface area contributed by atoms with E-state index in [0.717, 1.165) is 0 Å². The maximum absolute atomic E-state index is 14.2. The summed E-state index contributed by atoms with van der Waals surface area (Å²) >= 11 is 6.08. The first kappa shape index (κ1) is 15.5. The van der Waals surface area contributed by atoms with E-state index in [1.54, 1.807) is 6.92 Å². The van der Waals surface area contributed by atoms with Gasteiger partial charge >= 0.3 is 0 Å². The Bertz CT molecular complexity index is 874. The van der Waals surface area contributed by atoms with Gasteiger partial charge in [0.1, 0.15) is 28.9 Å². The fourth-order valence-electron chi connectivity index (χ4n) is 2.21. The van der Waals surface area contributed by atoms with Crippen LogP contribution in [0.15, 0.2) is 18.5 Å². The van der Waals surface area contributed by atoms with Gasteiger partial charge in [-0.05, 0) is 6.92 Å². The lowest BCUT2D eigenvalue weighted by Crippen LogP contribution is -2.33. The third-order valence-electron chi connectivity index (χ3n) is 3.23. The predicted octanol–water partition coefficient (Wildman–Crippen LogP) is 2.56. The molecule has 0 fully saturated rings. The van der Waals surface area contributed by atoms with E-state index in [1.165, 1.54) is 15.9 Å². The number of fused-ring (bicyclic) bond motifs is 1. The molecule has 1 aromatic carbocycles. The Morgan fingerprint density at radius 3 is 2.48 bits per heavy atom. The number of nitrogens with two attached hydrogens (primary N) is 1. The number of hydrogen-bond acceptors (Lipinski definition) is 5. The summed E-state index contributed by atoms with van der Waals surface area (Å²) in [5, 5.41) is 4.89. The van der Waals surface area contributed by atoms with Gasteiger partial charge < -0.3 is 0 Å². The van der Waals surface area contributed by atoms with Crippen molar-refractivity contribution in [3.05, 3.63) is 41.1 Å². The number of hydrazine groups is 1. The normalized spacial score (nSPS) is 11.2. The Hall–Kier alpha value is -2.39. The van der Waals surface area contributed by atoms with Crippen molar-refractivity contribution in [1.82, 2.24) is 19.6 Å². The number of benzene rings is 1. The second kappa shape index (κ2) is 5.67. The maximum Gasteiger partial charge on any atom is 0.255 e. The molecule has 2 heterocycles. The number of nitrogens with zero attached hydrogens (tertiary/aromatic N) is 5. The van der Waals surface area contributed by atoms with Gasteiger partial charge in [-0.1, -0.05) is 11.6 Å². The minimum Gasteiger partial charge on any atom is -0.294 e. The zero-order valence-electron chi connectivity index (χ0n) is 11.8. The van der Waals surface area contributed by atoms with E-state index in [0.29, 0.717) is 12.1 Å². The summed E-state index contributed by atoms with van der Waals surface area (Å²) in [6.45, 7) is 2.00. The molecule has 0 unspecified atom stereocenters. The van der Waals surface area contributed by atoms with Crippen LogP contribution in [0.2, 0.25) is 5.15 Å². The molecule has 0 bridgehead atoms. The average Bonchev–Trinajstić information content (AvgIpc) is 2.93. The molecule has 0 atom stereocenters. The molecule has 3 rings (SSSR count). The van der Waals surface area contributed by atoms with Crippen molar-refractivity contribution < 1.29 is 13.2 Å². The molecule has 0 saturated heterocycles. The van der Waals surface area contributed by atoms with Crippen LogP contribution in [0.5, 0.6) is 0 Å². The minimum absolute atomic E-state index is 0.0874. The Morgan fingerprint density at radius 1 is 1.22 bits per heavy atom. The summed E-state index contributed by atoms with van der Waals surface area (Å²) in [6.07, 6.45) is 1.20. The Labute approximate surface area is 133 Å². The molecular weight excluding hydrogens is 333 g/mol. The fourth-order valence-corrected chi connectivity index (χ4v) is 2.47. The molecule has 2 N–H and O–H groups in total. The third kappa shape index (κ3) is 2.47. The molecule has 0 aliphatic carbocycles. The average molecular weight is 343 g/mol. The van der Waals surface area contributed by atoms with Crippen LogP contribution in [0.4, 0.5) is 19.0 Å². The van der Waals surface area contributed by atoms with Crippen molar-refractivity contribution >= 4 is 23.2 Å². The van der Waals surface area contributed by atoms with E-state index in [4.69, 9.17) is 17.4 Å². The van der Waals surface area contributed by atoms with Gasteiger partial charge in [-0.15, -0.1) is 0 Å². The number of hydrogen-bond donors (Lipinski definition) is 1. The van der Waals surface area contributed by atoms with Crippen LogP contribution >= 0.6 is 11.6 Å². The van der Waals surface area contributed by atoms with Gasteiger partial charge in [-0.25, -0.2) is 19.0 Å². The van der Waals surface area contributed by atoms with E-state index in [1.807, 2.05) is 0 Å². The summed E-state index contributed by atoms with van der Waals surface area (Å²) in [6, 6.07) is 1.10. The van der Waals surface area contributed by atoms with Crippen LogP contribution in [0, 0.1) is 17.5 Å². The predicted molar refractivity (Wildman–Crippen MR) is 78.3 cm³/mol. The highest BCUT2D eigenvalue weighted by Gasteiger charge is 2.25. The number of aromatic nitrogens is 4. The lowest BCUT2D eigenvalue weighted by atomic mass is 10.1. The summed E-state index contributed by atoms with van der Waals surface area (Å²) in [5.74, 6) is 2.79. The van der Waals surface area contributed by atoms with E-state index >= 15 is 0 Å². The Balaban J connectivity index is 2.44. The Kier molecular flexibility index (Phi) is 3.82. The fraction of sp³-hybridized carbons (Fsp3) is 0.154. The summed E-state index contributed by atoms with van der Waals surface area (Å²) in [5.41, 5.74) is -0.677. The smallest absolute Gasteiger partial charge is 0.255 e. The summed E-state index contributed by atoms with van der Waals surface area (Å²) in [7, 11) is 0. The van der Waals surface area contributed by atoms with Crippen molar-refractivity contribution in [2.75, 3.05) is 11.6 Å². The van der Waals surface area contributed by atoms with Gasteiger partial charge in [0.2, 0.25) is 0 Å². The van der Waals surface area contributed by atoms with Gasteiger partial charge in [0, 0.05) is 18.7 Å². The number of rotatable bonds is 3. The number of anilines is 1. The lowest BCUT2D eigenvalue weighted by Gasteiger charge is -2.21. The molecule has 0 aliphatic rings. The number of halogens is 4. The maximum atomic E-state index is 14.2. The highest BCUT2D eigenvalue weighted by Crippen LogP contribution is 2.38. The Morgan fingerprint density at radius 2 is 1.87 bits per heavy atom. The molecular formula is C13H10ClF3N6. The van der Waals surface area contributed by atoms with E-state index in [9.17, 15) is 13.2 Å². The molecule has 0 spiro atoms. The second-order valence-electron chi connectivity index (χ2n) is 4.60. The molecule has 10 heteroatoms. The standard InChI is InChI=1S/C13H10ClF3N6/c1-2-22(18)12-10(9-7(16)3-6(15)4-8(9)17)11(14)21-13-19-5-20-23(12)13/h3-5H,2,18H2,1H3. The van der Waals surface area contributed by atoms with E-state index in [2.05, 4.69) is 15.1 Å². The van der Waals surface area contributed by atoms with Gasteiger partial charge in [-0.3, -0.25) is 5.01 Å². The van der Waals surface area contributed by atoms with Gasteiger partial charge in [0.05, 0.1) is 11.1 Å². The summed E-state index contributed by atoms with van der Waals surface area (Å²) in [4.78, 5) is 7.82. The molecule has 0 amide bonds.